The molecule has 5 nitrogen and oxygen atoms in total. The molecule has 6 heteroatoms. The van der Waals surface area contributed by atoms with Gasteiger partial charge in [0, 0.05) is 13.7 Å². The van der Waals surface area contributed by atoms with Crippen LogP contribution in [0.3, 0.4) is 0 Å². The second kappa shape index (κ2) is 7.59. The topological polar surface area (TPSA) is 75.6 Å². The fourth-order valence-corrected chi connectivity index (χ4v) is 3.57. The molecule has 2 atom stereocenters. The summed E-state index contributed by atoms with van der Waals surface area (Å²) in [7, 11) is 0.156. The van der Waals surface area contributed by atoms with E-state index < -0.39 is 26.1 Å². The summed E-state index contributed by atoms with van der Waals surface area (Å²) in [6, 6.07) is 0.983. The lowest BCUT2D eigenvalue weighted by molar-refractivity contribution is -0.147. The number of carboxylic acids is 1. The number of carbonyl (C=O) groups excluding carboxylic acids is 1. The third kappa shape index (κ3) is 5.09. The van der Waals surface area contributed by atoms with Crippen molar-refractivity contribution in [2.45, 2.75) is 38.4 Å². The quantitative estimate of drug-likeness (QED) is 0.428. The number of amides is 1. The first-order valence-electron chi connectivity index (χ1n) is 7.08. The second-order valence-electron chi connectivity index (χ2n) is 5.85. The van der Waals surface area contributed by atoms with Crippen LogP contribution in [0, 0.1) is 11.8 Å². The number of hydrogen-bond acceptors (Lipinski definition) is 3. The van der Waals surface area contributed by atoms with E-state index >= 15 is 0 Å². The molecule has 0 fully saturated rings. The van der Waals surface area contributed by atoms with Crippen LogP contribution >= 0.6 is 0 Å². The van der Waals surface area contributed by atoms with E-state index in [0.717, 1.165) is 12.5 Å². The number of nitrogens with one attached hydrogen (secondary N) is 1. The van der Waals surface area contributed by atoms with Gasteiger partial charge in [0.2, 0.25) is 5.91 Å². The lowest BCUT2D eigenvalue weighted by Crippen LogP contribution is -2.39. The molecule has 2 N–H and O–H groups in total. The molecule has 0 aromatic heterocycles. The highest BCUT2D eigenvalue weighted by atomic mass is 28.4. The average molecular weight is 299 g/mol. The van der Waals surface area contributed by atoms with Crippen molar-refractivity contribution in [2.75, 3.05) is 13.7 Å². The summed E-state index contributed by atoms with van der Waals surface area (Å²) >= 11 is 0. The van der Waals surface area contributed by atoms with Gasteiger partial charge in [0.05, 0.1) is 11.8 Å². The van der Waals surface area contributed by atoms with Gasteiger partial charge in [-0.1, -0.05) is 12.2 Å². The molecule has 0 aromatic rings. The van der Waals surface area contributed by atoms with E-state index in [0.29, 0.717) is 19.4 Å². The van der Waals surface area contributed by atoms with Crippen molar-refractivity contribution in [3.8, 4) is 0 Å². The molecule has 0 saturated carbocycles. The van der Waals surface area contributed by atoms with Crippen molar-refractivity contribution in [1.82, 2.24) is 5.32 Å². The van der Waals surface area contributed by atoms with E-state index in [1.165, 1.54) is 0 Å². The molecule has 1 amide bonds. The average Bonchev–Trinajstić information content (AvgIpc) is 2.43. The fourth-order valence-electron chi connectivity index (χ4n) is 2.34. The molecule has 0 saturated heterocycles. The zero-order valence-corrected chi connectivity index (χ0v) is 13.5. The molecule has 114 valence electrons. The standard InChI is InChI=1S/C14H25NO4Si/c1-19-20(2,3)10-6-9-15-13(16)11-7-4-5-8-12(11)14(17)18/h4-5,11-12H,6-10H2,1-3H3,(H,15,16)(H,17,18). The molecule has 20 heavy (non-hydrogen) atoms. The third-order valence-corrected chi connectivity index (χ3v) is 6.56. The maximum atomic E-state index is 12.1. The minimum atomic E-state index is -1.58. The third-order valence-electron chi connectivity index (χ3n) is 3.89. The van der Waals surface area contributed by atoms with E-state index in [1.54, 1.807) is 7.11 Å². The number of carboxylic acid groups (broad SMARTS) is 1. The van der Waals surface area contributed by atoms with Gasteiger partial charge in [0.1, 0.15) is 0 Å². The van der Waals surface area contributed by atoms with E-state index in [-0.39, 0.29) is 5.91 Å². The molecule has 0 aliphatic heterocycles. The molecule has 0 radical (unpaired) electrons. The van der Waals surface area contributed by atoms with E-state index in [1.807, 2.05) is 12.2 Å². The first-order chi connectivity index (χ1) is 9.37. The molecule has 0 spiro atoms. The minimum Gasteiger partial charge on any atom is -0.481 e. The summed E-state index contributed by atoms with van der Waals surface area (Å²) in [5.74, 6) is -2.06. The lowest BCUT2D eigenvalue weighted by atomic mass is 9.82. The van der Waals surface area contributed by atoms with Crippen LogP contribution in [0.1, 0.15) is 19.3 Å². The molecular formula is C14H25NO4Si. The van der Waals surface area contributed by atoms with Gasteiger partial charge in [-0.05, 0) is 38.4 Å². The Morgan fingerprint density at radius 1 is 1.30 bits per heavy atom. The van der Waals surface area contributed by atoms with Crippen LogP contribution < -0.4 is 5.32 Å². The smallest absolute Gasteiger partial charge is 0.307 e. The van der Waals surface area contributed by atoms with Gasteiger partial charge in [-0.3, -0.25) is 9.59 Å². The zero-order valence-electron chi connectivity index (χ0n) is 12.5. The Morgan fingerprint density at radius 3 is 2.45 bits per heavy atom. The molecule has 1 aliphatic rings. The van der Waals surface area contributed by atoms with E-state index in [4.69, 9.17) is 9.53 Å². The van der Waals surface area contributed by atoms with Gasteiger partial charge in [-0.15, -0.1) is 0 Å². The van der Waals surface area contributed by atoms with E-state index in [2.05, 4.69) is 18.4 Å². The van der Waals surface area contributed by atoms with Gasteiger partial charge in [0.15, 0.2) is 8.32 Å². The van der Waals surface area contributed by atoms with Gasteiger partial charge in [0.25, 0.3) is 0 Å². The van der Waals surface area contributed by atoms with Crippen LogP contribution in [0.4, 0.5) is 0 Å². The Balaban J connectivity index is 2.38. The van der Waals surface area contributed by atoms with Crippen LogP contribution in [0.15, 0.2) is 12.2 Å². The Hall–Kier alpha value is -1.14. The van der Waals surface area contributed by atoms with Crippen molar-refractivity contribution in [3.05, 3.63) is 12.2 Å². The molecule has 1 aliphatic carbocycles. The van der Waals surface area contributed by atoms with Crippen LogP contribution in [-0.2, 0) is 14.0 Å². The van der Waals surface area contributed by atoms with Crippen molar-refractivity contribution in [1.29, 1.82) is 0 Å². The van der Waals surface area contributed by atoms with Crippen molar-refractivity contribution in [3.63, 3.8) is 0 Å². The van der Waals surface area contributed by atoms with Gasteiger partial charge >= 0.3 is 5.97 Å². The Bertz CT molecular complexity index is 381. The van der Waals surface area contributed by atoms with Gasteiger partial charge in [-0.2, -0.15) is 0 Å². The fraction of sp³-hybridized carbons (Fsp3) is 0.714. The maximum Gasteiger partial charge on any atom is 0.307 e. The van der Waals surface area contributed by atoms with Crippen LogP contribution in [0.2, 0.25) is 19.1 Å². The van der Waals surface area contributed by atoms with Gasteiger partial charge in [-0.25, -0.2) is 0 Å². The number of allylic oxidation sites excluding steroid dienone is 2. The summed E-state index contributed by atoms with van der Waals surface area (Å²) in [5.41, 5.74) is 0. The maximum absolute atomic E-state index is 12.1. The SMILES string of the molecule is CO[Si](C)(C)CCCNC(=O)C1CC=CCC1C(=O)O. The predicted molar refractivity (Wildman–Crippen MR) is 79.9 cm³/mol. The van der Waals surface area contributed by atoms with Crippen molar-refractivity contribution >= 4 is 20.2 Å². The Labute approximate surface area is 121 Å². The van der Waals surface area contributed by atoms with Gasteiger partial charge < -0.3 is 14.8 Å². The van der Waals surface area contributed by atoms with Crippen LogP contribution in [0.25, 0.3) is 0 Å². The first kappa shape index (κ1) is 16.9. The summed E-state index contributed by atoms with van der Waals surface area (Å²) in [5, 5.41) is 12.0. The first-order valence-corrected chi connectivity index (χ1v) is 10.2. The molecule has 0 bridgehead atoms. The monoisotopic (exact) mass is 299 g/mol. The van der Waals surface area contributed by atoms with E-state index in [9.17, 15) is 9.59 Å². The second-order valence-corrected chi connectivity index (χ2v) is 10.3. The zero-order chi connectivity index (χ0) is 15.2. The number of hydrogen-bond donors (Lipinski definition) is 2. The lowest BCUT2D eigenvalue weighted by Gasteiger charge is -2.24. The Kier molecular flexibility index (Phi) is 6.42. The molecule has 2 unspecified atom stereocenters. The minimum absolute atomic E-state index is 0.140. The molecule has 1 rings (SSSR count). The number of carbonyl (C=O) groups is 2. The molecule has 0 heterocycles. The highest BCUT2D eigenvalue weighted by molar-refractivity contribution is 6.71. The van der Waals surface area contributed by atoms with Crippen molar-refractivity contribution in [2.24, 2.45) is 11.8 Å². The molecule has 0 aromatic carbocycles. The highest BCUT2D eigenvalue weighted by Crippen LogP contribution is 2.26. The van der Waals surface area contributed by atoms with Crippen LogP contribution in [-0.4, -0.2) is 39.0 Å². The summed E-state index contributed by atoms with van der Waals surface area (Å²) in [4.78, 5) is 23.2. The molecular weight excluding hydrogens is 274 g/mol. The predicted octanol–water partition coefficient (Wildman–Crippen LogP) is 2.01. The van der Waals surface area contributed by atoms with Crippen molar-refractivity contribution < 1.29 is 19.1 Å². The number of rotatable bonds is 7. The summed E-state index contributed by atoms with van der Waals surface area (Å²) < 4.78 is 5.45. The summed E-state index contributed by atoms with van der Waals surface area (Å²) in [6.07, 6.45) is 5.57. The normalized spacial score (nSPS) is 22.6. The largest absolute Gasteiger partial charge is 0.481 e. The number of aliphatic carboxylic acids is 1. The summed E-state index contributed by atoms with van der Waals surface area (Å²) in [6.45, 7) is 4.87. The highest BCUT2D eigenvalue weighted by Gasteiger charge is 2.33. The van der Waals surface area contributed by atoms with Crippen LogP contribution in [0.5, 0.6) is 0 Å². The Morgan fingerprint density at radius 2 is 1.90 bits per heavy atom.